The lowest BCUT2D eigenvalue weighted by Crippen LogP contribution is -2.40. The predicted molar refractivity (Wildman–Crippen MR) is 58.1 cm³/mol. The summed E-state index contributed by atoms with van der Waals surface area (Å²) in [7, 11) is 1.63. The van der Waals surface area contributed by atoms with E-state index in [1.165, 1.54) is 4.90 Å². The number of carboxylic acids is 1. The maximum Gasteiger partial charge on any atom is 0.326 e. The highest BCUT2D eigenvalue weighted by Crippen LogP contribution is 2.19. The van der Waals surface area contributed by atoms with E-state index < -0.39 is 12.0 Å². The van der Waals surface area contributed by atoms with Crippen LogP contribution in [0.5, 0.6) is 0 Å². The smallest absolute Gasteiger partial charge is 0.326 e. The summed E-state index contributed by atoms with van der Waals surface area (Å²) in [5.74, 6) is -0.927. The van der Waals surface area contributed by atoms with Crippen LogP contribution in [0.2, 0.25) is 0 Å². The zero-order chi connectivity index (χ0) is 12.0. The fourth-order valence-corrected chi connectivity index (χ4v) is 1.99. The van der Waals surface area contributed by atoms with Crippen molar-refractivity contribution in [3.8, 4) is 0 Å². The SMILES string of the molecule is COCCCCC(=O)N1CCC[C@H]1C(=O)O. The molecule has 0 unspecified atom stereocenters. The highest BCUT2D eigenvalue weighted by atomic mass is 16.5. The molecule has 16 heavy (non-hydrogen) atoms. The van der Waals surface area contributed by atoms with E-state index in [-0.39, 0.29) is 5.91 Å². The highest BCUT2D eigenvalue weighted by molar-refractivity contribution is 5.84. The Balaban J connectivity index is 2.32. The molecule has 92 valence electrons. The number of amides is 1. The number of likely N-dealkylation sites (tertiary alicyclic amines) is 1. The van der Waals surface area contributed by atoms with Crippen molar-refractivity contribution in [1.29, 1.82) is 0 Å². The van der Waals surface area contributed by atoms with Crippen LogP contribution < -0.4 is 0 Å². The minimum Gasteiger partial charge on any atom is -0.480 e. The van der Waals surface area contributed by atoms with Gasteiger partial charge in [0.1, 0.15) is 6.04 Å². The van der Waals surface area contributed by atoms with Crippen LogP contribution in [0.25, 0.3) is 0 Å². The molecule has 1 aliphatic rings. The number of carbonyl (C=O) groups is 2. The van der Waals surface area contributed by atoms with Crippen molar-refractivity contribution in [2.24, 2.45) is 0 Å². The fourth-order valence-electron chi connectivity index (χ4n) is 1.99. The van der Waals surface area contributed by atoms with Gasteiger partial charge in [-0.1, -0.05) is 0 Å². The van der Waals surface area contributed by atoms with E-state index in [0.29, 0.717) is 26.0 Å². The van der Waals surface area contributed by atoms with Crippen LogP contribution >= 0.6 is 0 Å². The van der Waals surface area contributed by atoms with Crippen molar-refractivity contribution in [3.05, 3.63) is 0 Å². The van der Waals surface area contributed by atoms with Crippen LogP contribution in [0.1, 0.15) is 32.1 Å². The Morgan fingerprint density at radius 3 is 2.81 bits per heavy atom. The first-order valence-corrected chi connectivity index (χ1v) is 5.68. The van der Waals surface area contributed by atoms with Gasteiger partial charge in [-0.25, -0.2) is 4.79 Å². The summed E-state index contributed by atoms with van der Waals surface area (Å²) >= 11 is 0. The molecular weight excluding hydrogens is 210 g/mol. The highest BCUT2D eigenvalue weighted by Gasteiger charge is 2.33. The topological polar surface area (TPSA) is 66.8 Å². The third-order valence-corrected chi connectivity index (χ3v) is 2.85. The minimum atomic E-state index is -0.886. The maximum absolute atomic E-state index is 11.7. The van der Waals surface area contributed by atoms with E-state index in [0.717, 1.165) is 19.3 Å². The zero-order valence-corrected chi connectivity index (χ0v) is 9.65. The second-order valence-electron chi connectivity index (χ2n) is 4.03. The summed E-state index contributed by atoms with van der Waals surface area (Å²) < 4.78 is 4.89. The molecule has 1 heterocycles. The molecule has 0 aromatic heterocycles. The number of rotatable bonds is 6. The van der Waals surface area contributed by atoms with Crippen LogP contribution in [-0.2, 0) is 14.3 Å². The summed E-state index contributed by atoms with van der Waals surface area (Å²) in [5.41, 5.74) is 0. The quantitative estimate of drug-likeness (QED) is 0.686. The van der Waals surface area contributed by atoms with Crippen molar-refractivity contribution in [3.63, 3.8) is 0 Å². The van der Waals surface area contributed by atoms with E-state index in [9.17, 15) is 9.59 Å². The number of hydrogen-bond donors (Lipinski definition) is 1. The number of carbonyl (C=O) groups excluding carboxylic acids is 1. The predicted octanol–water partition coefficient (Wildman–Crippen LogP) is 0.879. The number of unbranched alkanes of at least 4 members (excludes halogenated alkanes) is 1. The standard InChI is InChI=1S/C11H19NO4/c1-16-8-3-2-6-10(13)12-7-4-5-9(12)11(14)15/h9H,2-8H2,1H3,(H,14,15)/t9-/m0/s1. The number of nitrogens with zero attached hydrogens (tertiary/aromatic N) is 1. The number of carboxylic acid groups (broad SMARTS) is 1. The van der Waals surface area contributed by atoms with Crippen molar-refractivity contribution in [2.75, 3.05) is 20.3 Å². The molecule has 1 atom stereocenters. The summed E-state index contributed by atoms with van der Waals surface area (Å²) in [6, 6.07) is -0.602. The molecule has 0 saturated carbocycles. The molecule has 1 rings (SSSR count). The summed E-state index contributed by atoms with van der Waals surface area (Å²) in [5, 5.41) is 8.93. The summed E-state index contributed by atoms with van der Waals surface area (Å²) in [4.78, 5) is 24.1. The molecule has 1 amide bonds. The van der Waals surface area contributed by atoms with E-state index >= 15 is 0 Å². The van der Waals surface area contributed by atoms with Crippen LogP contribution in [-0.4, -0.2) is 48.2 Å². The fraction of sp³-hybridized carbons (Fsp3) is 0.818. The molecule has 1 saturated heterocycles. The second kappa shape index (κ2) is 6.48. The first kappa shape index (κ1) is 13.0. The van der Waals surface area contributed by atoms with Gasteiger partial charge in [0, 0.05) is 26.7 Å². The van der Waals surface area contributed by atoms with Gasteiger partial charge in [0.15, 0.2) is 0 Å². The molecule has 0 radical (unpaired) electrons. The van der Waals surface area contributed by atoms with Gasteiger partial charge in [-0.15, -0.1) is 0 Å². The van der Waals surface area contributed by atoms with Gasteiger partial charge < -0.3 is 14.7 Å². The van der Waals surface area contributed by atoms with Crippen LogP contribution in [0.4, 0.5) is 0 Å². The van der Waals surface area contributed by atoms with Crippen molar-refractivity contribution < 1.29 is 19.4 Å². The molecule has 5 nitrogen and oxygen atoms in total. The van der Waals surface area contributed by atoms with Gasteiger partial charge in [0.2, 0.25) is 5.91 Å². The first-order valence-electron chi connectivity index (χ1n) is 5.68. The van der Waals surface area contributed by atoms with Crippen LogP contribution in [0.3, 0.4) is 0 Å². The number of aliphatic carboxylic acids is 1. The molecule has 0 aliphatic carbocycles. The van der Waals surface area contributed by atoms with E-state index in [1.54, 1.807) is 7.11 Å². The van der Waals surface area contributed by atoms with Gasteiger partial charge >= 0.3 is 5.97 Å². The van der Waals surface area contributed by atoms with Crippen molar-refractivity contribution in [1.82, 2.24) is 4.90 Å². The zero-order valence-electron chi connectivity index (χ0n) is 9.65. The van der Waals surface area contributed by atoms with Gasteiger partial charge in [-0.2, -0.15) is 0 Å². The largest absolute Gasteiger partial charge is 0.480 e. The Kier molecular flexibility index (Phi) is 5.25. The average Bonchev–Trinajstić information content (AvgIpc) is 2.73. The molecule has 1 fully saturated rings. The lowest BCUT2D eigenvalue weighted by Gasteiger charge is -2.21. The van der Waals surface area contributed by atoms with Gasteiger partial charge in [-0.05, 0) is 25.7 Å². The molecular formula is C11H19NO4. The monoisotopic (exact) mass is 229 g/mol. The number of hydrogen-bond acceptors (Lipinski definition) is 3. The van der Waals surface area contributed by atoms with E-state index in [2.05, 4.69) is 0 Å². The second-order valence-corrected chi connectivity index (χ2v) is 4.03. The Bertz CT molecular complexity index is 254. The molecule has 0 bridgehead atoms. The van der Waals surface area contributed by atoms with Crippen molar-refractivity contribution >= 4 is 11.9 Å². The lowest BCUT2D eigenvalue weighted by atomic mass is 10.2. The van der Waals surface area contributed by atoms with Gasteiger partial charge in [0.25, 0.3) is 0 Å². The molecule has 5 heteroatoms. The molecule has 1 N–H and O–H groups in total. The molecule has 0 aromatic carbocycles. The van der Waals surface area contributed by atoms with Crippen molar-refractivity contribution in [2.45, 2.75) is 38.1 Å². The van der Waals surface area contributed by atoms with Gasteiger partial charge in [-0.3, -0.25) is 4.79 Å². The van der Waals surface area contributed by atoms with E-state index in [4.69, 9.17) is 9.84 Å². The number of methoxy groups -OCH3 is 1. The molecule has 1 aliphatic heterocycles. The minimum absolute atomic E-state index is 0.0407. The Morgan fingerprint density at radius 1 is 1.44 bits per heavy atom. The number of ether oxygens (including phenoxy) is 1. The van der Waals surface area contributed by atoms with Crippen LogP contribution in [0.15, 0.2) is 0 Å². The lowest BCUT2D eigenvalue weighted by molar-refractivity contribution is -0.148. The summed E-state index contributed by atoms with van der Waals surface area (Å²) in [6.45, 7) is 1.23. The Labute approximate surface area is 95.4 Å². The first-order chi connectivity index (χ1) is 7.66. The third kappa shape index (κ3) is 3.48. The summed E-state index contributed by atoms with van der Waals surface area (Å²) in [6.07, 6.45) is 3.40. The Hall–Kier alpha value is -1.10. The third-order valence-electron chi connectivity index (χ3n) is 2.85. The molecule has 0 aromatic rings. The van der Waals surface area contributed by atoms with E-state index in [1.807, 2.05) is 0 Å². The normalized spacial score (nSPS) is 20.1. The average molecular weight is 229 g/mol. The molecule has 0 spiro atoms. The van der Waals surface area contributed by atoms with Crippen LogP contribution in [0, 0.1) is 0 Å². The van der Waals surface area contributed by atoms with Gasteiger partial charge in [0.05, 0.1) is 0 Å². The maximum atomic E-state index is 11.7. The Morgan fingerprint density at radius 2 is 2.19 bits per heavy atom.